The highest BCUT2D eigenvalue weighted by Crippen LogP contribution is 2.27. The number of aliphatic hydroxyl groups is 1. The van der Waals surface area contributed by atoms with Crippen molar-refractivity contribution in [2.24, 2.45) is 0 Å². The van der Waals surface area contributed by atoms with Crippen molar-refractivity contribution in [1.82, 2.24) is 4.90 Å². The molecule has 0 aromatic heterocycles. The van der Waals surface area contributed by atoms with Crippen LogP contribution < -0.4 is 0 Å². The van der Waals surface area contributed by atoms with Crippen molar-refractivity contribution in [3.05, 3.63) is 47.5 Å². The van der Waals surface area contributed by atoms with Gasteiger partial charge in [0.1, 0.15) is 0 Å². The molecule has 2 heteroatoms. The Morgan fingerprint density at radius 2 is 2.31 bits per heavy atom. The highest BCUT2D eigenvalue weighted by molar-refractivity contribution is 5.38. The topological polar surface area (TPSA) is 23.5 Å². The Labute approximate surface area is 78.2 Å². The normalized spacial score (nSPS) is 20.5. The monoisotopic (exact) mass is 175 g/mol. The summed E-state index contributed by atoms with van der Waals surface area (Å²) in [5, 5.41) is 9.22. The number of allylic oxidation sites excluding steroid dienone is 5. The Kier molecular flexibility index (Phi) is 2.07. The van der Waals surface area contributed by atoms with Gasteiger partial charge in [-0.2, -0.15) is 0 Å². The van der Waals surface area contributed by atoms with Crippen LogP contribution in [-0.2, 0) is 0 Å². The third-order valence-electron chi connectivity index (χ3n) is 2.44. The quantitative estimate of drug-likeness (QED) is 0.658. The summed E-state index contributed by atoms with van der Waals surface area (Å²) in [5.41, 5.74) is 3.42. The van der Waals surface area contributed by atoms with Gasteiger partial charge in [0.25, 0.3) is 0 Å². The number of fused-ring (bicyclic) bond motifs is 1. The van der Waals surface area contributed by atoms with Gasteiger partial charge in [-0.1, -0.05) is 12.2 Å². The third-order valence-corrected chi connectivity index (χ3v) is 2.44. The molecule has 0 bridgehead atoms. The highest BCUT2D eigenvalue weighted by Gasteiger charge is 2.17. The van der Waals surface area contributed by atoms with Crippen LogP contribution in [0.25, 0.3) is 0 Å². The van der Waals surface area contributed by atoms with E-state index < -0.39 is 0 Å². The van der Waals surface area contributed by atoms with E-state index in [9.17, 15) is 5.11 Å². The smallest absolute Gasteiger partial charge is 0.0836 e. The Balaban J connectivity index is 2.36. The standard InChI is InChI=1S/C11H13NO/c1-9-5-6-10-4-2-3-7-12(10)11(9)8-13/h2-4,6-7,13H,5,8H2,1H3. The minimum absolute atomic E-state index is 0.112. The Morgan fingerprint density at radius 1 is 1.46 bits per heavy atom. The molecule has 0 spiro atoms. The van der Waals surface area contributed by atoms with Gasteiger partial charge in [0, 0.05) is 17.6 Å². The van der Waals surface area contributed by atoms with Crippen LogP contribution in [-0.4, -0.2) is 16.6 Å². The Hall–Kier alpha value is -1.28. The minimum Gasteiger partial charge on any atom is -0.390 e. The predicted octanol–water partition coefficient (Wildman–Crippen LogP) is 1.93. The van der Waals surface area contributed by atoms with Crippen LogP contribution in [0.2, 0.25) is 0 Å². The van der Waals surface area contributed by atoms with Gasteiger partial charge < -0.3 is 10.0 Å². The zero-order chi connectivity index (χ0) is 9.26. The molecule has 0 unspecified atom stereocenters. The molecular weight excluding hydrogens is 162 g/mol. The van der Waals surface area contributed by atoms with E-state index in [0.717, 1.165) is 17.8 Å². The van der Waals surface area contributed by atoms with E-state index in [2.05, 4.69) is 19.1 Å². The molecule has 0 saturated carbocycles. The molecule has 0 fully saturated rings. The maximum Gasteiger partial charge on any atom is 0.0836 e. The zero-order valence-electron chi connectivity index (χ0n) is 7.70. The average Bonchev–Trinajstić information content (AvgIpc) is 2.18. The summed E-state index contributed by atoms with van der Waals surface area (Å²) in [6, 6.07) is 0. The highest BCUT2D eigenvalue weighted by atomic mass is 16.3. The average molecular weight is 175 g/mol. The zero-order valence-corrected chi connectivity index (χ0v) is 7.70. The predicted molar refractivity (Wildman–Crippen MR) is 52.6 cm³/mol. The van der Waals surface area contributed by atoms with Gasteiger partial charge in [0.05, 0.1) is 6.61 Å². The number of aliphatic hydroxyl groups excluding tert-OH is 1. The van der Waals surface area contributed by atoms with Crippen LogP contribution in [0.3, 0.4) is 0 Å². The maximum atomic E-state index is 9.22. The number of hydrogen-bond donors (Lipinski definition) is 1. The van der Waals surface area contributed by atoms with E-state index in [4.69, 9.17) is 0 Å². The Bertz CT molecular complexity index is 334. The van der Waals surface area contributed by atoms with Gasteiger partial charge in [0.15, 0.2) is 0 Å². The van der Waals surface area contributed by atoms with Crippen molar-refractivity contribution < 1.29 is 5.11 Å². The van der Waals surface area contributed by atoms with Crippen molar-refractivity contribution in [2.75, 3.05) is 6.61 Å². The lowest BCUT2D eigenvalue weighted by Crippen LogP contribution is -2.23. The van der Waals surface area contributed by atoms with Crippen molar-refractivity contribution in [1.29, 1.82) is 0 Å². The lowest BCUT2D eigenvalue weighted by atomic mass is 10.0. The molecule has 2 aliphatic rings. The summed E-state index contributed by atoms with van der Waals surface area (Å²) in [7, 11) is 0. The van der Waals surface area contributed by atoms with Gasteiger partial charge in [0.2, 0.25) is 0 Å². The number of nitrogens with zero attached hydrogens (tertiary/aromatic N) is 1. The van der Waals surface area contributed by atoms with Gasteiger partial charge in [-0.3, -0.25) is 0 Å². The fraction of sp³-hybridized carbons (Fsp3) is 0.273. The largest absolute Gasteiger partial charge is 0.390 e. The third kappa shape index (κ3) is 1.33. The second-order valence-electron chi connectivity index (χ2n) is 3.29. The molecule has 0 aromatic rings. The first-order chi connectivity index (χ1) is 6.33. The number of hydrogen-bond acceptors (Lipinski definition) is 2. The molecule has 2 rings (SSSR count). The van der Waals surface area contributed by atoms with Crippen LogP contribution >= 0.6 is 0 Å². The molecule has 1 N–H and O–H groups in total. The van der Waals surface area contributed by atoms with E-state index in [1.807, 2.05) is 23.3 Å². The number of rotatable bonds is 1. The van der Waals surface area contributed by atoms with Gasteiger partial charge in [-0.25, -0.2) is 0 Å². The summed E-state index contributed by atoms with van der Waals surface area (Å²) in [4.78, 5) is 2.04. The van der Waals surface area contributed by atoms with Crippen molar-refractivity contribution in [2.45, 2.75) is 13.3 Å². The molecule has 0 aromatic carbocycles. The molecule has 68 valence electrons. The molecule has 2 aliphatic heterocycles. The first kappa shape index (κ1) is 8.32. The molecule has 0 amide bonds. The maximum absolute atomic E-state index is 9.22. The molecule has 0 atom stereocenters. The van der Waals surface area contributed by atoms with Crippen molar-refractivity contribution in [3.63, 3.8) is 0 Å². The van der Waals surface area contributed by atoms with Crippen LogP contribution in [0, 0.1) is 0 Å². The summed E-state index contributed by atoms with van der Waals surface area (Å²) in [6.45, 7) is 2.17. The first-order valence-corrected chi connectivity index (χ1v) is 4.46. The molecule has 13 heavy (non-hydrogen) atoms. The van der Waals surface area contributed by atoms with Crippen LogP contribution in [0.15, 0.2) is 47.5 Å². The molecular formula is C11H13NO. The van der Waals surface area contributed by atoms with E-state index in [1.54, 1.807) is 0 Å². The SMILES string of the molecule is CC1=C(CO)N2C=CC=CC2=CC1. The van der Waals surface area contributed by atoms with Crippen LogP contribution in [0.5, 0.6) is 0 Å². The molecule has 0 saturated heterocycles. The van der Waals surface area contributed by atoms with Crippen LogP contribution in [0.1, 0.15) is 13.3 Å². The molecule has 2 nitrogen and oxygen atoms in total. The summed E-state index contributed by atoms with van der Waals surface area (Å²) < 4.78 is 0. The molecule has 0 radical (unpaired) electrons. The lowest BCUT2D eigenvalue weighted by Gasteiger charge is -2.30. The van der Waals surface area contributed by atoms with Gasteiger partial charge >= 0.3 is 0 Å². The molecule has 0 aliphatic carbocycles. The summed E-state index contributed by atoms with van der Waals surface area (Å²) in [5.74, 6) is 0. The van der Waals surface area contributed by atoms with Crippen molar-refractivity contribution in [3.8, 4) is 0 Å². The molecule has 2 heterocycles. The minimum atomic E-state index is 0.112. The second kappa shape index (κ2) is 3.23. The van der Waals surface area contributed by atoms with Gasteiger partial charge in [-0.15, -0.1) is 0 Å². The summed E-state index contributed by atoms with van der Waals surface area (Å²) >= 11 is 0. The van der Waals surface area contributed by atoms with Gasteiger partial charge in [-0.05, 0) is 31.1 Å². The first-order valence-electron chi connectivity index (χ1n) is 4.46. The van der Waals surface area contributed by atoms with E-state index in [-0.39, 0.29) is 6.61 Å². The van der Waals surface area contributed by atoms with Crippen LogP contribution in [0.4, 0.5) is 0 Å². The van der Waals surface area contributed by atoms with E-state index in [1.165, 1.54) is 5.57 Å². The Morgan fingerprint density at radius 3 is 3.08 bits per heavy atom. The van der Waals surface area contributed by atoms with E-state index in [0.29, 0.717) is 0 Å². The fourth-order valence-corrected chi connectivity index (χ4v) is 1.66. The summed E-state index contributed by atoms with van der Waals surface area (Å²) in [6.07, 6.45) is 11.2. The van der Waals surface area contributed by atoms with Crippen molar-refractivity contribution >= 4 is 0 Å². The fourth-order valence-electron chi connectivity index (χ4n) is 1.66. The lowest BCUT2D eigenvalue weighted by molar-refractivity contribution is 0.296. The van der Waals surface area contributed by atoms with E-state index >= 15 is 0 Å². The second-order valence-corrected chi connectivity index (χ2v) is 3.29.